The molecule has 0 radical (unpaired) electrons. The summed E-state index contributed by atoms with van der Waals surface area (Å²) in [6.45, 7) is 0. The summed E-state index contributed by atoms with van der Waals surface area (Å²) in [5, 5.41) is 8.25. The molecule has 0 bridgehead atoms. The molecule has 0 saturated carbocycles. The summed E-state index contributed by atoms with van der Waals surface area (Å²) in [5.41, 5.74) is 0. The van der Waals surface area contributed by atoms with E-state index in [0.29, 0.717) is 0 Å². The van der Waals surface area contributed by atoms with Crippen LogP contribution >= 0.6 is 0 Å². The van der Waals surface area contributed by atoms with Gasteiger partial charge >= 0.3 is 29.6 Å². The molecule has 3 heteroatoms. The van der Waals surface area contributed by atoms with Gasteiger partial charge < -0.3 is 9.84 Å². The fraction of sp³-hybridized carbons (Fsp3) is 1.00. The van der Waals surface area contributed by atoms with Crippen LogP contribution in [0.4, 0.5) is 0 Å². The molecule has 0 fully saturated rings. The van der Waals surface area contributed by atoms with Crippen molar-refractivity contribution in [2.24, 2.45) is 0 Å². The third-order valence-corrected chi connectivity index (χ3v) is 0. The van der Waals surface area contributed by atoms with Crippen LogP contribution in [0, 0.1) is 0 Å². The minimum absolute atomic E-state index is 0. The van der Waals surface area contributed by atoms with Gasteiger partial charge in [-0.3, -0.25) is 0 Å². The van der Waals surface area contributed by atoms with Gasteiger partial charge in [0.15, 0.2) is 0 Å². The van der Waals surface area contributed by atoms with Gasteiger partial charge in [-0.1, -0.05) is 0 Å². The molecule has 0 amide bonds. The van der Waals surface area contributed by atoms with E-state index in [1.165, 1.54) is 0 Å². The molecule has 2 nitrogen and oxygen atoms in total. The van der Waals surface area contributed by atoms with Gasteiger partial charge in [-0.2, -0.15) is 7.11 Å². The molecule has 0 aromatic heterocycles. The topological polar surface area (TPSA) is 32.3 Å². The number of ether oxygens (including phenoxy) is 1. The van der Waals surface area contributed by atoms with Gasteiger partial charge in [0.1, 0.15) is 0 Å². The van der Waals surface area contributed by atoms with E-state index in [0.717, 1.165) is 7.11 Å². The average Bonchev–Trinajstić information content (AvgIpc) is 1.46. The molecule has 6 heavy (non-hydrogen) atoms. The second-order valence-corrected chi connectivity index (χ2v) is 0.408. The van der Waals surface area contributed by atoms with Gasteiger partial charge in [0, 0.05) is 14.2 Å². The Morgan fingerprint density at radius 2 is 1.17 bits per heavy atom. The maximum atomic E-state index is 8.25. The van der Waals surface area contributed by atoms with Gasteiger partial charge in [-0.05, 0) is 0 Å². The third kappa shape index (κ3) is 89.3. The largest absolute Gasteiger partial charge is 1.00 e. The van der Waals surface area contributed by atoms with Gasteiger partial charge in [0.25, 0.3) is 0 Å². The number of methoxy groups -OCH3 is 1. The monoisotopic (exact) mass is 100 g/mol. The van der Waals surface area contributed by atoms with Gasteiger partial charge in [-0.25, -0.2) is 0 Å². The molecule has 0 atom stereocenters. The summed E-state index contributed by atoms with van der Waals surface area (Å²) in [6.07, 6.45) is 0. The van der Waals surface area contributed by atoms with Crippen LogP contribution in [-0.4, -0.2) is 21.3 Å². The second kappa shape index (κ2) is 38.9. The number of hydrogen-bond acceptors (Lipinski definition) is 2. The van der Waals surface area contributed by atoms with E-state index < -0.39 is 0 Å². The zero-order chi connectivity index (χ0) is 4.71. The molecule has 0 aliphatic rings. The molecule has 0 aromatic rings. The molecule has 34 valence electrons. The normalized spacial score (nSPS) is 4.00. The van der Waals surface area contributed by atoms with E-state index in [1.807, 2.05) is 0 Å². The van der Waals surface area contributed by atoms with Crippen molar-refractivity contribution in [2.45, 2.75) is 0 Å². The SMILES string of the molecule is COC.C[O-].[Na+]. The fourth-order valence-corrected chi connectivity index (χ4v) is 0. The van der Waals surface area contributed by atoms with Crippen molar-refractivity contribution in [3.05, 3.63) is 0 Å². The Kier molecular flexibility index (Phi) is 102. The Balaban J connectivity index is -0.0000000275. The predicted molar refractivity (Wildman–Crippen MR) is 18.9 cm³/mol. The van der Waals surface area contributed by atoms with E-state index in [-0.39, 0.29) is 29.6 Å². The van der Waals surface area contributed by atoms with Crippen LogP contribution in [0.2, 0.25) is 0 Å². The van der Waals surface area contributed by atoms with Crippen molar-refractivity contribution >= 4 is 0 Å². The zero-order valence-electron chi connectivity index (χ0n) is 4.82. The Morgan fingerprint density at radius 1 is 1.17 bits per heavy atom. The molecule has 0 heterocycles. The maximum Gasteiger partial charge on any atom is 1.00 e. The van der Waals surface area contributed by atoms with Crippen LogP contribution < -0.4 is 34.7 Å². The van der Waals surface area contributed by atoms with Crippen molar-refractivity contribution in [3.8, 4) is 0 Å². The zero-order valence-corrected chi connectivity index (χ0v) is 6.82. The van der Waals surface area contributed by atoms with Crippen molar-refractivity contribution in [3.63, 3.8) is 0 Å². The molecule has 0 N–H and O–H groups in total. The van der Waals surface area contributed by atoms with Crippen LogP contribution in [0.5, 0.6) is 0 Å². The van der Waals surface area contributed by atoms with Crippen LogP contribution in [0.1, 0.15) is 0 Å². The van der Waals surface area contributed by atoms with Gasteiger partial charge in [0.2, 0.25) is 0 Å². The molecule has 0 spiro atoms. The maximum absolute atomic E-state index is 8.25. The quantitative estimate of drug-likeness (QED) is 0.293. The molecule has 0 unspecified atom stereocenters. The average molecular weight is 100 g/mol. The Bertz CT molecular complexity index is 8.75. The summed E-state index contributed by atoms with van der Waals surface area (Å²) in [6, 6.07) is 0. The number of rotatable bonds is 0. The minimum Gasteiger partial charge on any atom is -0.857 e. The molecule has 0 rings (SSSR count). The van der Waals surface area contributed by atoms with Gasteiger partial charge in [0.05, 0.1) is 0 Å². The van der Waals surface area contributed by atoms with E-state index in [2.05, 4.69) is 4.74 Å². The van der Waals surface area contributed by atoms with Crippen molar-refractivity contribution in [1.82, 2.24) is 0 Å². The first kappa shape index (κ1) is 15.8. The summed E-state index contributed by atoms with van der Waals surface area (Å²) >= 11 is 0. The van der Waals surface area contributed by atoms with Crippen LogP contribution in [-0.2, 0) is 4.74 Å². The van der Waals surface area contributed by atoms with E-state index in [9.17, 15) is 0 Å². The first-order valence-electron chi connectivity index (χ1n) is 1.22. The van der Waals surface area contributed by atoms with Crippen molar-refractivity contribution in [1.29, 1.82) is 0 Å². The van der Waals surface area contributed by atoms with Crippen LogP contribution in [0.25, 0.3) is 0 Å². The van der Waals surface area contributed by atoms with E-state index in [1.54, 1.807) is 14.2 Å². The first-order valence-corrected chi connectivity index (χ1v) is 1.22. The molecular weight excluding hydrogens is 91.0 g/mol. The Labute approximate surface area is 60.8 Å². The molecular formula is C3H9NaO2. The smallest absolute Gasteiger partial charge is 0.857 e. The third-order valence-electron chi connectivity index (χ3n) is 0. The van der Waals surface area contributed by atoms with Crippen LogP contribution in [0.3, 0.4) is 0 Å². The fourth-order valence-electron chi connectivity index (χ4n) is 0. The van der Waals surface area contributed by atoms with Crippen molar-refractivity contribution < 1.29 is 39.4 Å². The second-order valence-electron chi connectivity index (χ2n) is 0.408. The summed E-state index contributed by atoms with van der Waals surface area (Å²) in [4.78, 5) is 0. The summed E-state index contributed by atoms with van der Waals surface area (Å²) in [5.74, 6) is 0. The minimum atomic E-state index is 0. The van der Waals surface area contributed by atoms with Crippen LogP contribution in [0.15, 0.2) is 0 Å². The van der Waals surface area contributed by atoms with E-state index >= 15 is 0 Å². The van der Waals surface area contributed by atoms with E-state index in [4.69, 9.17) is 5.11 Å². The molecule has 0 aliphatic carbocycles. The van der Waals surface area contributed by atoms with Crippen molar-refractivity contribution in [2.75, 3.05) is 21.3 Å². The molecule has 0 aromatic carbocycles. The molecule has 0 saturated heterocycles. The number of hydrogen-bond donors (Lipinski definition) is 0. The standard InChI is InChI=1S/C2H6O.CH3O.Na/c1-3-2;1-2;/h1-2H3;1H3;/q;-1;+1. The molecule has 0 aliphatic heterocycles. The Hall–Kier alpha value is 0.920. The Morgan fingerprint density at radius 3 is 1.17 bits per heavy atom. The summed E-state index contributed by atoms with van der Waals surface area (Å²) in [7, 11) is 4.00. The predicted octanol–water partition coefficient (Wildman–Crippen LogP) is -3.76. The first-order chi connectivity index (χ1) is 2.41. The summed E-state index contributed by atoms with van der Waals surface area (Å²) < 4.78 is 4.25. The van der Waals surface area contributed by atoms with Gasteiger partial charge in [-0.15, -0.1) is 0 Å².